The first-order chi connectivity index (χ1) is 10.1. The second-order valence-electron chi connectivity index (χ2n) is 4.66. The fourth-order valence-corrected chi connectivity index (χ4v) is 3.59. The lowest BCUT2D eigenvalue weighted by Gasteiger charge is -2.09. The van der Waals surface area contributed by atoms with Crippen LogP contribution >= 0.6 is 34.5 Å². The van der Waals surface area contributed by atoms with Crippen LogP contribution in [0.4, 0.5) is 0 Å². The minimum atomic E-state index is -0.0630. The highest BCUT2D eigenvalue weighted by Gasteiger charge is 2.11. The number of hydrogen-bond donors (Lipinski definition) is 0. The van der Waals surface area contributed by atoms with Crippen molar-refractivity contribution < 1.29 is 0 Å². The van der Waals surface area contributed by atoms with Crippen LogP contribution in [-0.2, 0) is 13.0 Å². The predicted molar refractivity (Wildman–Crippen MR) is 88.8 cm³/mol. The monoisotopic (exact) mass is 338 g/mol. The van der Waals surface area contributed by atoms with Gasteiger partial charge in [0.25, 0.3) is 5.56 Å². The Bertz CT molecular complexity index is 849. The molecular formula is C15H12Cl2N2OS. The molecule has 0 aliphatic carbocycles. The van der Waals surface area contributed by atoms with Crippen LogP contribution in [-0.4, -0.2) is 9.55 Å². The summed E-state index contributed by atoms with van der Waals surface area (Å²) in [4.78, 5) is 18.8. The maximum atomic E-state index is 12.5. The zero-order valence-corrected chi connectivity index (χ0v) is 13.6. The normalized spacial score (nSPS) is 11.2. The van der Waals surface area contributed by atoms with Gasteiger partial charge >= 0.3 is 0 Å². The van der Waals surface area contributed by atoms with Gasteiger partial charge in [-0.2, -0.15) is 0 Å². The lowest BCUT2D eigenvalue weighted by atomic mass is 10.2. The number of rotatable bonds is 3. The molecule has 1 aromatic carbocycles. The molecule has 2 heterocycles. The van der Waals surface area contributed by atoms with Gasteiger partial charge in [-0.3, -0.25) is 9.36 Å². The van der Waals surface area contributed by atoms with Crippen LogP contribution in [0, 0.1) is 0 Å². The summed E-state index contributed by atoms with van der Waals surface area (Å²) in [5.41, 5.74) is 0.668. The molecule has 0 N–H and O–H groups in total. The fourth-order valence-electron chi connectivity index (χ4n) is 2.15. The number of nitrogens with zero attached hydrogens (tertiary/aromatic N) is 2. The van der Waals surface area contributed by atoms with Gasteiger partial charge in [0.2, 0.25) is 0 Å². The predicted octanol–water partition coefficient (Wildman–Crippen LogP) is 4.38. The third-order valence-corrected chi connectivity index (χ3v) is 5.20. The molecule has 0 radical (unpaired) electrons. The molecule has 0 saturated carbocycles. The molecule has 108 valence electrons. The summed E-state index contributed by atoms with van der Waals surface area (Å²) in [6.45, 7) is 2.38. The number of aryl methyl sites for hydroxylation is 1. The lowest BCUT2D eigenvalue weighted by molar-refractivity contribution is 0.749. The van der Waals surface area contributed by atoms with E-state index in [2.05, 4.69) is 11.9 Å². The van der Waals surface area contributed by atoms with Gasteiger partial charge in [0.1, 0.15) is 4.83 Å². The minimum Gasteiger partial charge on any atom is -0.294 e. The van der Waals surface area contributed by atoms with Crippen molar-refractivity contribution in [3.8, 4) is 0 Å². The first kappa shape index (κ1) is 14.6. The quantitative estimate of drug-likeness (QED) is 0.710. The van der Waals surface area contributed by atoms with Crippen molar-refractivity contribution in [3.05, 3.63) is 61.4 Å². The van der Waals surface area contributed by atoms with Gasteiger partial charge in [-0.15, -0.1) is 11.3 Å². The van der Waals surface area contributed by atoms with Crippen LogP contribution in [0.25, 0.3) is 10.2 Å². The molecule has 0 fully saturated rings. The largest absolute Gasteiger partial charge is 0.294 e. The molecule has 0 aliphatic rings. The molecule has 21 heavy (non-hydrogen) atoms. The number of hydrogen-bond acceptors (Lipinski definition) is 3. The molecule has 0 spiro atoms. The van der Waals surface area contributed by atoms with E-state index < -0.39 is 0 Å². The summed E-state index contributed by atoms with van der Waals surface area (Å²) in [6, 6.07) is 7.23. The zero-order valence-electron chi connectivity index (χ0n) is 11.3. The first-order valence-corrected chi connectivity index (χ1v) is 8.08. The maximum Gasteiger partial charge on any atom is 0.262 e. The van der Waals surface area contributed by atoms with Crippen molar-refractivity contribution >= 4 is 44.8 Å². The van der Waals surface area contributed by atoms with Crippen LogP contribution in [0.1, 0.15) is 17.4 Å². The second-order valence-corrected chi connectivity index (χ2v) is 6.59. The Morgan fingerprint density at radius 1 is 1.29 bits per heavy atom. The van der Waals surface area contributed by atoms with E-state index in [1.165, 1.54) is 0 Å². The zero-order chi connectivity index (χ0) is 15.0. The topological polar surface area (TPSA) is 34.9 Å². The van der Waals surface area contributed by atoms with E-state index in [0.29, 0.717) is 22.0 Å². The summed E-state index contributed by atoms with van der Waals surface area (Å²) >= 11 is 13.9. The highest BCUT2D eigenvalue weighted by atomic mass is 35.5. The van der Waals surface area contributed by atoms with Gasteiger partial charge in [-0.1, -0.05) is 36.2 Å². The molecule has 0 atom stereocenters. The Labute approximate surface area is 135 Å². The van der Waals surface area contributed by atoms with Crippen molar-refractivity contribution in [2.45, 2.75) is 19.9 Å². The molecule has 0 amide bonds. The van der Waals surface area contributed by atoms with E-state index >= 15 is 0 Å². The molecule has 0 saturated heterocycles. The van der Waals surface area contributed by atoms with Crippen molar-refractivity contribution in [1.29, 1.82) is 0 Å². The fraction of sp³-hybridized carbons (Fsp3) is 0.200. The molecular weight excluding hydrogens is 327 g/mol. The van der Waals surface area contributed by atoms with Crippen LogP contribution in [0.3, 0.4) is 0 Å². The standard InChI is InChI=1S/C15H12Cl2N2OS/c1-2-9-6-10-14(21-9)18-8-19(15(10)20)7-11-12(16)4-3-5-13(11)17/h3-6,8H,2,7H2,1H3. The number of thiophene rings is 1. The third kappa shape index (κ3) is 2.71. The smallest absolute Gasteiger partial charge is 0.262 e. The third-order valence-electron chi connectivity index (χ3n) is 3.31. The van der Waals surface area contributed by atoms with Gasteiger partial charge in [0, 0.05) is 20.5 Å². The van der Waals surface area contributed by atoms with E-state index in [1.54, 1.807) is 40.4 Å². The summed E-state index contributed by atoms with van der Waals surface area (Å²) in [5, 5.41) is 1.76. The molecule has 0 unspecified atom stereocenters. The molecule has 0 aliphatic heterocycles. The number of fused-ring (bicyclic) bond motifs is 1. The van der Waals surface area contributed by atoms with E-state index in [9.17, 15) is 4.79 Å². The molecule has 3 nitrogen and oxygen atoms in total. The van der Waals surface area contributed by atoms with Gasteiger partial charge in [0.15, 0.2) is 0 Å². The van der Waals surface area contributed by atoms with E-state index in [1.807, 2.05) is 6.07 Å². The second kappa shape index (κ2) is 5.79. The summed E-state index contributed by atoms with van der Waals surface area (Å²) in [5.74, 6) is 0. The van der Waals surface area contributed by atoms with Gasteiger partial charge in [-0.05, 0) is 24.6 Å². The Balaban J connectivity index is 2.09. The molecule has 3 rings (SSSR count). The molecule has 6 heteroatoms. The van der Waals surface area contributed by atoms with Gasteiger partial charge < -0.3 is 0 Å². The van der Waals surface area contributed by atoms with Crippen LogP contribution in [0.2, 0.25) is 10.0 Å². The van der Waals surface area contributed by atoms with E-state index in [0.717, 1.165) is 21.7 Å². The summed E-state index contributed by atoms with van der Waals surface area (Å²) in [6.07, 6.45) is 2.46. The highest BCUT2D eigenvalue weighted by Crippen LogP contribution is 2.25. The van der Waals surface area contributed by atoms with E-state index in [4.69, 9.17) is 23.2 Å². The Kier molecular flexibility index (Phi) is 4.02. The Morgan fingerprint density at radius 2 is 2.00 bits per heavy atom. The molecule has 3 aromatic rings. The average Bonchev–Trinajstić information content (AvgIpc) is 2.89. The van der Waals surface area contributed by atoms with E-state index in [-0.39, 0.29) is 5.56 Å². The van der Waals surface area contributed by atoms with Crippen molar-refractivity contribution in [2.24, 2.45) is 0 Å². The summed E-state index contributed by atoms with van der Waals surface area (Å²) in [7, 11) is 0. The SMILES string of the molecule is CCc1cc2c(=O)n(Cc3c(Cl)cccc3Cl)cnc2s1. The van der Waals surface area contributed by atoms with Crippen molar-refractivity contribution in [3.63, 3.8) is 0 Å². The lowest BCUT2D eigenvalue weighted by Crippen LogP contribution is -2.20. The Hall–Kier alpha value is -1.36. The molecule has 0 bridgehead atoms. The van der Waals surface area contributed by atoms with Crippen LogP contribution in [0.5, 0.6) is 0 Å². The highest BCUT2D eigenvalue weighted by molar-refractivity contribution is 7.18. The summed E-state index contributed by atoms with van der Waals surface area (Å²) < 4.78 is 1.54. The van der Waals surface area contributed by atoms with Gasteiger partial charge in [-0.25, -0.2) is 4.98 Å². The maximum absolute atomic E-state index is 12.5. The van der Waals surface area contributed by atoms with Crippen molar-refractivity contribution in [2.75, 3.05) is 0 Å². The Morgan fingerprint density at radius 3 is 2.67 bits per heavy atom. The van der Waals surface area contributed by atoms with Crippen LogP contribution in [0.15, 0.2) is 35.4 Å². The van der Waals surface area contributed by atoms with Gasteiger partial charge in [0.05, 0.1) is 18.3 Å². The number of benzene rings is 1. The number of aromatic nitrogens is 2. The average molecular weight is 339 g/mol. The first-order valence-electron chi connectivity index (χ1n) is 6.51. The van der Waals surface area contributed by atoms with Crippen molar-refractivity contribution in [1.82, 2.24) is 9.55 Å². The van der Waals surface area contributed by atoms with Crippen LogP contribution < -0.4 is 5.56 Å². The molecule has 2 aromatic heterocycles. The minimum absolute atomic E-state index is 0.0630. The number of halogens is 2.